The Morgan fingerprint density at radius 3 is 2.85 bits per heavy atom. The predicted molar refractivity (Wildman–Crippen MR) is 77.6 cm³/mol. The Morgan fingerprint density at radius 1 is 1.25 bits per heavy atom. The number of anilines is 1. The zero-order valence-electron chi connectivity index (χ0n) is 11.3. The lowest BCUT2D eigenvalue weighted by Gasteiger charge is -2.15. The number of nitrogens with one attached hydrogen (secondary N) is 1. The molecule has 20 heavy (non-hydrogen) atoms. The highest BCUT2D eigenvalue weighted by molar-refractivity contribution is 6.03. The maximum atomic E-state index is 11.9. The van der Waals surface area contributed by atoms with Crippen LogP contribution >= 0.6 is 0 Å². The third kappa shape index (κ3) is 3.08. The van der Waals surface area contributed by atoms with Crippen LogP contribution in [0.25, 0.3) is 0 Å². The largest absolute Gasteiger partial charge is 0.472 e. The van der Waals surface area contributed by atoms with Crippen LogP contribution in [-0.2, 0) is 6.54 Å². The first-order valence-corrected chi connectivity index (χ1v) is 6.96. The van der Waals surface area contributed by atoms with Gasteiger partial charge < -0.3 is 9.73 Å². The first-order chi connectivity index (χ1) is 9.81. The van der Waals surface area contributed by atoms with Crippen molar-refractivity contribution in [3.63, 3.8) is 0 Å². The molecule has 0 saturated carbocycles. The van der Waals surface area contributed by atoms with E-state index in [2.05, 4.69) is 16.3 Å². The van der Waals surface area contributed by atoms with Gasteiger partial charge in [-0.3, -0.25) is 9.69 Å². The summed E-state index contributed by atoms with van der Waals surface area (Å²) in [4.78, 5) is 14.4. The Bertz CT molecular complexity index is 572. The van der Waals surface area contributed by atoms with Gasteiger partial charge in [0, 0.05) is 12.2 Å². The highest BCUT2D eigenvalue weighted by atomic mass is 16.3. The molecule has 0 radical (unpaired) electrons. The molecule has 0 spiro atoms. The zero-order valence-corrected chi connectivity index (χ0v) is 11.3. The highest BCUT2D eigenvalue weighted by Gasteiger charge is 2.12. The second-order valence-electron chi connectivity index (χ2n) is 5.15. The van der Waals surface area contributed by atoms with Gasteiger partial charge in [0.05, 0.1) is 11.8 Å². The van der Waals surface area contributed by atoms with E-state index in [1.807, 2.05) is 18.2 Å². The van der Waals surface area contributed by atoms with E-state index in [9.17, 15) is 4.79 Å². The monoisotopic (exact) mass is 270 g/mol. The number of hydrogen-bond donors (Lipinski definition) is 1. The second-order valence-corrected chi connectivity index (χ2v) is 5.15. The molecule has 1 aliphatic heterocycles. The molecule has 1 aliphatic rings. The first-order valence-electron chi connectivity index (χ1n) is 6.96. The average molecular weight is 270 g/mol. The van der Waals surface area contributed by atoms with E-state index in [0.717, 1.165) is 12.2 Å². The molecule has 3 rings (SSSR count). The van der Waals surface area contributed by atoms with E-state index in [-0.39, 0.29) is 5.91 Å². The Balaban J connectivity index is 1.66. The van der Waals surface area contributed by atoms with E-state index >= 15 is 0 Å². The number of rotatable bonds is 4. The van der Waals surface area contributed by atoms with E-state index in [1.54, 1.807) is 6.07 Å². The minimum Gasteiger partial charge on any atom is -0.472 e. The van der Waals surface area contributed by atoms with Gasteiger partial charge in [0.15, 0.2) is 0 Å². The molecule has 0 unspecified atom stereocenters. The standard InChI is InChI=1S/C16H18N2O2/c19-16(14-6-9-20-12-14)17-15-5-3-4-13(10-15)11-18-7-1-2-8-18/h3-6,9-10,12H,1-2,7-8,11H2,(H,17,19). The molecule has 2 aromatic rings. The van der Waals surface area contributed by atoms with Gasteiger partial charge in [-0.25, -0.2) is 0 Å². The number of hydrogen-bond acceptors (Lipinski definition) is 3. The summed E-state index contributed by atoms with van der Waals surface area (Å²) < 4.78 is 4.92. The van der Waals surface area contributed by atoms with Crippen molar-refractivity contribution < 1.29 is 9.21 Å². The molecule has 1 saturated heterocycles. The zero-order chi connectivity index (χ0) is 13.8. The van der Waals surface area contributed by atoms with Crippen LogP contribution in [-0.4, -0.2) is 23.9 Å². The fourth-order valence-electron chi connectivity index (χ4n) is 2.54. The lowest BCUT2D eigenvalue weighted by atomic mass is 10.2. The molecule has 1 amide bonds. The number of likely N-dealkylation sites (tertiary alicyclic amines) is 1. The molecule has 0 atom stereocenters. The van der Waals surface area contributed by atoms with Gasteiger partial charge in [-0.2, -0.15) is 0 Å². The van der Waals surface area contributed by atoms with Gasteiger partial charge in [0.1, 0.15) is 6.26 Å². The highest BCUT2D eigenvalue weighted by Crippen LogP contribution is 2.17. The normalized spacial score (nSPS) is 15.4. The average Bonchev–Trinajstić information content (AvgIpc) is 3.12. The van der Waals surface area contributed by atoms with Crippen molar-refractivity contribution in [2.45, 2.75) is 19.4 Å². The fourth-order valence-corrected chi connectivity index (χ4v) is 2.54. The summed E-state index contributed by atoms with van der Waals surface area (Å²) in [6, 6.07) is 9.69. The van der Waals surface area contributed by atoms with Gasteiger partial charge in [-0.15, -0.1) is 0 Å². The number of nitrogens with zero attached hydrogens (tertiary/aromatic N) is 1. The molecule has 4 heteroatoms. The number of amides is 1. The molecule has 104 valence electrons. The van der Waals surface area contributed by atoms with Crippen LogP contribution in [0.3, 0.4) is 0 Å². The summed E-state index contributed by atoms with van der Waals surface area (Å²) in [5, 5.41) is 2.89. The Morgan fingerprint density at radius 2 is 2.10 bits per heavy atom. The van der Waals surface area contributed by atoms with Crippen molar-refractivity contribution in [3.8, 4) is 0 Å². The van der Waals surface area contributed by atoms with Crippen molar-refractivity contribution in [1.82, 2.24) is 4.90 Å². The van der Waals surface area contributed by atoms with Crippen LogP contribution in [0.5, 0.6) is 0 Å². The lowest BCUT2D eigenvalue weighted by Crippen LogP contribution is -2.18. The Hall–Kier alpha value is -2.07. The number of benzene rings is 1. The van der Waals surface area contributed by atoms with Crippen LogP contribution in [0.1, 0.15) is 28.8 Å². The summed E-state index contributed by atoms with van der Waals surface area (Å²) in [7, 11) is 0. The molecular weight excluding hydrogens is 252 g/mol. The van der Waals surface area contributed by atoms with Crippen molar-refractivity contribution in [3.05, 3.63) is 54.0 Å². The van der Waals surface area contributed by atoms with E-state index in [0.29, 0.717) is 5.56 Å². The third-order valence-electron chi connectivity index (χ3n) is 3.57. The van der Waals surface area contributed by atoms with E-state index in [4.69, 9.17) is 4.42 Å². The Kier molecular flexibility index (Phi) is 3.83. The van der Waals surface area contributed by atoms with Crippen molar-refractivity contribution in [2.24, 2.45) is 0 Å². The third-order valence-corrected chi connectivity index (χ3v) is 3.57. The van der Waals surface area contributed by atoms with Crippen molar-refractivity contribution in [1.29, 1.82) is 0 Å². The molecule has 1 N–H and O–H groups in total. The van der Waals surface area contributed by atoms with Gasteiger partial charge >= 0.3 is 0 Å². The van der Waals surface area contributed by atoms with Crippen molar-refractivity contribution in [2.75, 3.05) is 18.4 Å². The number of carbonyl (C=O) groups excluding carboxylic acids is 1. The van der Waals surface area contributed by atoms with Gasteiger partial charge in [0.2, 0.25) is 0 Å². The SMILES string of the molecule is O=C(Nc1cccc(CN2CCCC2)c1)c1ccoc1. The number of furan rings is 1. The van der Waals surface area contributed by atoms with Crippen LogP contribution in [0.2, 0.25) is 0 Å². The second kappa shape index (κ2) is 5.92. The van der Waals surface area contributed by atoms with Gasteiger partial charge in [0.25, 0.3) is 5.91 Å². The molecule has 4 nitrogen and oxygen atoms in total. The summed E-state index contributed by atoms with van der Waals surface area (Å²) in [6.07, 6.45) is 5.52. The smallest absolute Gasteiger partial charge is 0.258 e. The van der Waals surface area contributed by atoms with Crippen LogP contribution < -0.4 is 5.32 Å². The predicted octanol–water partition coefficient (Wildman–Crippen LogP) is 3.13. The lowest BCUT2D eigenvalue weighted by molar-refractivity contribution is 0.102. The summed E-state index contributed by atoms with van der Waals surface area (Å²) in [6.45, 7) is 3.30. The maximum absolute atomic E-state index is 11.9. The molecule has 1 fully saturated rings. The summed E-state index contributed by atoms with van der Waals surface area (Å²) in [5.41, 5.74) is 2.60. The van der Waals surface area contributed by atoms with Crippen molar-refractivity contribution >= 4 is 11.6 Å². The van der Waals surface area contributed by atoms with E-state index in [1.165, 1.54) is 44.0 Å². The Labute approximate surface area is 118 Å². The topological polar surface area (TPSA) is 45.5 Å². The minimum absolute atomic E-state index is 0.142. The molecule has 2 heterocycles. The van der Waals surface area contributed by atoms with Gasteiger partial charge in [-0.05, 0) is 49.7 Å². The number of carbonyl (C=O) groups is 1. The molecule has 0 aliphatic carbocycles. The molecule has 1 aromatic heterocycles. The summed E-state index contributed by atoms with van der Waals surface area (Å²) in [5.74, 6) is -0.142. The first kappa shape index (κ1) is 12.9. The molecular formula is C16H18N2O2. The maximum Gasteiger partial charge on any atom is 0.258 e. The van der Waals surface area contributed by atoms with Crippen LogP contribution in [0.15, 0.2) is 47.3 Å². The van der Waals surface area contributed by atoms with Crippen LogP contribution in [0, 0.1) is 0 Å². The molecule has 1 aromatic carbocycles. The summed E-state index contributed by atoms with van der Waals surface area (Å²) >= 11 is 0. The van der Waals surface area contributed by atoms with E-state index < -0.39 is 0 Å². The van der Waals surface area contributed by atoms with Gasteiger partial charge in [-0.1, -0.05) is 12.1 Å². The fraction of sp³-hybridized carbons (Fsp3) is 0.312. The minimum atomic E-state index is -0.142. The quantitative estimate of drug-likeness (QED) is 0.928. The van der Waals surface area contributed by atoms with Crippen LogP contribution in [0.4, 0.5) is 5.69 Å². The molecule has 0 bridgehead atoms.